The summed E-state index contributed by atoms with van der Waals surface area (Å²) >= 11 is 0. The smallest absolute Gasteiger partial charge is 0.258 e. The molecule has 0 aliphatic carbocycles. The fourth-order valence-corrected chi connectivity index (χ4v) is 3.08. The first-order chi connectivity index (χ1) is 13.8. The van der Waals surface area contributed by atoms with Crippen LogP contribution in [0, 0.1) is 0 Å². The lowest BCUT2D eigenvalue weighted by molar-refractivity contribution is 0.254. The number of nitrogens with one attached hydrogen (secondary N) is 1. The number of allylic oxidation sites excluding steroid dienone is 1. The van der Waals surface area contributed by atoms with Gasteiger partial charge < -0.3 is 18.8 Å². The second kappa shape index (κ2) is 6.76. The predicted octanol–water partition coefficient (Wildman–Crippen LogP) is 2.70. The van der Waals surface area contributed by atoms with Crippen LogP contribution < -0.4 is 5.56 Å². The van der Waals surface area contributed by atoms with Crippen LogP contribution in [0.4, 0.5) is 0 Å². The van der Waals surface area contributed by atoms with Crippen molar-refractivity contribution in [3.05, 3.63) is 64.5 Å². The van der Waals surface area contributed by atoms with Gasteiger partial charge in [0.1, 0.15) is 17.8 Å². The number of fused-ring (bicyclic) bond motifs is 1. The number of benzene rings is 1. The molecular formula is C19H15N5O4. The lowest BCUT2D eigenvalue weighted by atomic mass is 10.1. The molecule has 0 bridgehead atoms. The first-order valence-electron chi connectivity index (χ1n) is 8.86. The molecule has 0 amide bonds. The number of aromatic amines is 1. The Hall–Kier alpha value is -3.75. The van der Waals surface area contributed by atoms with E-state index < -0.39 is 0 Å². The van der Waals surface area contributed by atoms with Gasteiger partial charge in [0.05, 0.1) is 23.9 Å². The van der Waals surface area contributed by atoms with Gasteiger partial charge in [-0.15, -0.1) is 0 Å². The highest BCUT2D eigenvalue weighted by molar-refractivity contribution is 5.82. The summed E-state index contributed by atoms with van der Waals surface area (Å²) in [6.07, 6.45) is 5.55. The van der Waals surface area contributed by atoms with Gasteiger partial charge in [-0.2, -0.15) is 4.98 Å². The van der Waals surface area contributed by atoms with Crippen molar-refractivity contribution in [3.63, 3.8) is 0 Å². The summed E-state index contributed by atoms with van der Waals surface area (Å²) in [7, 11) is 0. The molecule has 0 saturated heterocycles. The molecule has 0 saturated carbocycles. The number of nitrogens with zero attached hydrogens (tertiary/aromatic N) is 4. The maximum absolute atomic E-state index is 12.5. The minimum absolute atomic E-state index is 0.219. The van der Waals surface area contributed by atoms with Crippen molar-refractivity contribution in [2.24, 2.45) is 0 Å². The van der Waals surface area contributed by atoms with Crippen LogP contribution in [0.3, 0.4) is 0 Å². The van der Waals surface area contributed by atoms with Gasteiger partial charge in [-0.25, -0.2) is 4.98 Å². The molecule has 1 N–H and O–H groups in total. The average Bonchev–Trinajstić information content (AvgIpc) is 3.41. The molecule has 3 aromatic heterocycles. The molecule has 5 rings (SSSR count). The van der Waals surface area contributed by atoms with Crippen molar-refractivity contribution in [3.8, 4) is 11.3 Å². The highest BCUT2D eigenvalue weighted by atomic mass is 16.5. The quantitative estimate of drug-likeness (QED) is 0.576. The third kappa shape index (κ3) is 3.07. The van der Waals surface area contributed by atoms with Crippen LogP contribution in [0.5, 0.6) is 0 Å². The number of rotatable bonds is 4. The first-order valence-corrected chi connectivity index (χ1v) is 8.86. The van der Waals surface area contributed by atoms with Gasteiger partial charge in [0.25, 0.3) is 5.56 Å². The summed E-state index contributed by atoms with van der Waals surface area (Å²) in [5.74, 6) is 1.84. The van der Waals surface area contributed by atoms with Crippen LogP contribution in [0.1, 0.15) is 30.4 Å². The molecule has 0 fully saturated rings. The summed E-state index contributed by atoms with van der Waals surface area (Å²) in [5, 5.41) is 8.30. The van der Waals surface area contributed by atoms with Gasteiger partial charge in [0.15, 0.2) is 5.76 Å². The Balaban J connectivity index is 1.44. The van der Waals surface area contributed by atoms with Crippen molar-refractivity contribution in [2.45, 2.75) is 19.3 Å². The summed E-state index contributed by atoms with van der Waals surface area (Å²) < 4.78 is 15.7. The van der Waals surface area contributed by atoms with Gasteiger partial charge in [0, 0.05) is 11.6 Å². The van der Waals surface area contributed by atoms with E-state index in [2.05, 4.69) is 25.3 Å². The molecule has 28 heavy (non-hydrogen) atoms. The topological polar surface area (TPSA) is 120 Å². The number of hydrogen-bond acceptors (Lipinski definition) is 8. The highest BCUT2D eigenvalue weighted by Crippen LogP contribution is 2.21. The molecule has 4 heterocycles. The second-order valence-corrected chi connectivity index (χ2v) is 6.38. The largest absolute Gasteiger partial charge is 0.490 e. The van der Waals surface area contributed by atoms with E-state index in [0.29, 0.717) is 46.5 Å². The second-order valence-electron chi connectivity index (χ2n) is 6.38. The van der Waals surface area contributed by atoms with E-state index in [9.17, 15) is 4.79 Å². The summed E-state index contributed by atoms with van der Waals surface area (Å²) in [6.45, 7) is 0.644. The lowest BCUT2D eigenvalue weighted by Crippen LogP contribution is -2.12. The van der Waals surface area contributed by atoms with Crippen molar-refractivity contribution < 1.29 is 13.8 Å². The maximum Gasteiger partial charge on any atom is 0.258 e. The van der Waals surface area contributed by atoms with Crippen molar-refractivity contribution in [1.82, 2.24) is 25.3 Å². The number of aromatic nitrogens is 5. The van der Waals surface area contributed by atoms with Crippen LogP contribution in [-0.4, -0.2) is 31.9 Å². The van der Waals surface area contributed by atoms with Crippen molar-refractivity contribution in [2.75, 3.05) is 6.61 Å². The Kier molecular flexibility index (Phi) is 3.97. The summed E-state index contributed by atoms with van der Waals surface area (Å²) in [4.78, 5) is 24.1. The third-order valence-electron chi connectivity index (χ3n) is 4.43. The molecule has 9 heteroatoms. The van der Waals surface area contributed by atoms with Gasteiger partial charge in [-0.1, -0.05) is 16.4 Å². The minimum Gasteiger partial charge on any atom is -0.490 e. The SMILES string of the molecule is O=c1[nH]c(Cc2nc(C3=CCCCO3)no2)nc2ccc(-c3ccon3)cc12. The van der Waals surface area contributed by atoms with E-state index >= 15 is 0 Å². The van der Waals surface area contributed by atoms with Crippen LogP contribution in [0.25, 0.3) is 27.9 Å². The van der Waals surface area contributed by atoms with Crippen LogP contribution >= 0.6 is 0 Å². The predicted molar refractivity (Wildman–Crippen MR) is 98.1 cm³/mol. The Labute approximate surface area is 158 Å². The van der Waals surface area contributed by atoms with Gasteiger partial charge in [-0.3, -0.25) is 4.79 Å². The Morgan fingerprint density at radius 1 is 1.14 bits per heavy atom. The number of hydrogen-bond donors (Lipinski definition) is 1. The van der Waals surface area contributed by atoms with Crippen molar-refractivity contribution in [1.29, 1.82) is 0 Å². The normalized spacial score (nSPS) is 14.1. The number of H-pyrrole nitrogens is 1. The van der Waals surface area contributed by atoms with E-state index in [1.54, 1.807) is 18.2 Å². The average molecular weight is 377 g/mol. The molecule has 1 aromatic carbocycles. The van der Waals surface area contributed by atoms with E-state index in [1.807, 2.05) is 12.1 Å². The molecule has 1 aliphatic rings. The fraction of sp³-hybridized carbons (Fsp3) is 0.211. The highest BCUT2D eigenvalue weighted by Gasteiger charge is 2.16. The standard InChI is InChI=1S/C19H15N5O4/c25-19-12-9-11(13-6-8-27-23-13)4-5-14(12)20-16(21-19)10-17-22-18(24-28-17)15-3-1-2-7-26-15/h3-6,8-9H,1-2,7,10H2,(H,20,21,25). The Morgan fingerprint density at radius 2 is 2.11 bits per heavy atom. The van der Waals surface area contributed by atoms with E-state index in [0.717, 1.165) is 18.4 Å². The Morgan fingerprint density at radius 3 is 2.93 bits per heavy atom. The lowest BCUT2D eigenvalue weighted by Gasteiger charge is -2.10. The monoisotopic (exact) mass is 377 g/mol. The fourth-order valence-electron chi connectivity index (χ4n) is 3.08. The van der Waals surface area contributed by atoms with Gasteiger partial charge in [-0.05, 0) is 31.1 Å². The molecule has 140 valence electrons. The zero-order valence-electron chi connectivity index (χ0n) is 14.7. The molecule has 1 aliphatic heterocycles. The van der Waals surface area contributed by atoms with Gasteiger partial charge in [0.2, 0.25) is 11.7 Å². The van der Waals surface area contributed by atoms with Crippen LogP contribution in [-0.2, 0) is 11.2 Å². The zero-order valence-corrected chi connectivity index (χ0v) is 14.7. The van der Waals surface area contributed by atoms with Crippen LogP contribution in [0.15, 0.2) is 50.4 Å². The molecule has 0 atom stereocenters. The third-order valence-corrected chi connectivity index (χ3v) is 4.43. The van der Waals surface area contributed by atoms with E-state index in [1.165, 1.54) is 6.26 Å². The van der Waals surface area contributed by atoms with Crippen LogP contribution in [0.2, 0.25) is 0 Å². The molecule has 0 radical (unpaired) electrons. The van der Waals surface area contributed by atoms with E-state index in [-0.39, 0.29) is 12.0 Å². The summed E-state index contributed by atoms with van der Waals surface area (Å²) in [6, 6.07) is 7.09. The van der Waals surface area contributed by atoms with E-state index in [4.69, 9.17) is 13.8 Å². The van der Waals surface area contributed by atoms with Gasteiger partial charge >= 0.3 is 0 Å². The number of ether oxygens (including phenoxy) is 1. The summed E-state index contributed by atoms with van der Waals surface area (Å²) in [5.41, 5.74) is 1.76. The Bertz CT molecular complexity index is 1220. The maximum atomic E-state index is 12.5. The molecular weight excluding hydrogens is 362 g/mol. The minimum atomic E-state index is -0.247. The first kappa shape index (κ1) is 16.4. The molecule has 4 aromatic rings. The molecule has 0 spiro atoms. The molecule has 0 unspecified atom stereocenters. The van der Waals surface area contributed by atoms with Crippen molar-refractivity contribution >= 4 is 16.7 Å². The zero-order chi connectivity index (χ0) is 18.9. The molecule has 9 nitrogen and oxygen atoms in total.